The molecular weight excluding hydrogens is 236 g/mol. The van der Waals surface area contributed by atoms with E-state index in [0.717, 1.165) is 31.6 Å². The van der Waals surface area contributed by atoms with Crippen LogP contribution in [0.1, 0.15) is 66.2 Å². The summed E-state index contributed by atoms with van der Waals surface area (Å²) >= 11 is 0. The van der Waals surface area contributed by atoms with Crippen molar-refractivity contribution in [3.63, 3.8) is 0 Å². The molecule has 0 bridgehead atoms. The molecule has 1 saturated carbocycles. The summed E-state index contributed by atoms with van der Waals surface area (Å²) in [5.74, 6) is 1.25. The Kier molecular flexibility index (Phi) is 6.31. The van der Waals surface area contributed by atoms with Gasteiger partial charge >= 0.3 is 0 Å². The number of hydrogen-bond acceptors (Lipinski definition) is 2. The highest BCUT2D eigenvalue weighted by atomic mass is 16.1. The number of carbonyl (C=O) groups is 1. The first kappa shape index (κ1) is 16.5. The molecule has 1 fully saturated rings. The fraction of sp³-hybridized carbons (Fsp3) is 0.938. The molecule has 0 saturated heterocycles. The zero-order chi connectivity index (χ0) is 14.5. The number of nitrogens with one attached hydrogen (secondary N) is 1. The van der Waals surface area contributed by atoms with Crippen LogP contribution in [0, 0.1) is 17.3 Å². The summed E-state index contributed by atoms with van der Waals surface area (Å²) in [5, 5.41) is 3.17. The molecule has 0 aliphatic heterocycles. The van der Waals surface area contributed by atoms with E-state index >= 15 is 0 Å². The monoisotopic (exact) mass is 268 g/mol. The average molecular weight is 268 g/mol. The third-order valence-corrected chi connectivity index (χ3v) is 4.68. The van der Waals surface area contributed by atoms with Crippen LogP contribution in [-0.2, 0) is 4.79 Å². The lowest BCUT2D eigenvalue weighted by atomic mass is 9.69. The Bertz CT molecular complexity index is 275. The molecule has 0 spiro atoms. The van der Waals surface area contributed by atoms with Crippen molar-refractivity contribution in [2.24, 2.45) is 23.0 Å². The van der Waals surface area contributed by atoms with Gasteiger partial charge in [-0.1, -0.05) is 27.7 Å². The van der Waals surface area contributed by atoms with Crippen molar-refractivity contribution in [1.29, 1.82) is 0 Å². The lowest BCUT2D eigenvalue weighted by Gasteiger charge is -2.36. The molecule has 0 aromatic heterocycles. The second-order valence-corrected chi connectivity index (χ2v) is 7.11. The Morgan fingerprint density at radius 2 is 1.84 bits per heavy atom. The summed E-state index contributed by atoms with van der Waals surface area (Å²) in [7, 11) is 0. The normalized spacial score (nSPS) is 25.9. The molecule has 3 heteroatoms. The molecule has 1 rings (SSSR count). The topological polar surface area (TPSA) is 55.1 Å². The minimum atomic E-state index is 0.227. The van der Waals surface area contributed by atoms with E-state index in [-0.39, 0.29) is 17.9 Å². The Morgan fingerprint density at radius 3 is 2.26 bits per heavy atom. The Hall–Kier alpha value is -0.570. The van der Waals surface area contributed by atoms with E-state index in [9.17, 15) is 4.79 Å². The van der Waals surface area contributed by atoms with Crippen LogP contribution >= 0.6 is 0 Å². The van der Waals surface area contributed by atoms with Gasteiger partial charge in [-0.3, -0.25) is 4.79 Å². The summed E-state index contributed by atoms with van der Waals surface area (Å²) in [6.45, 7) is 9.69. The fourth-order valence-electron chi connectivity index (χ4n) is 3.12. The van der Waals surface area contributed by atoms with E-state index in [2.05, 4.69) is 33.0 Å². The van der Waals surface area contributed by atoms with Crippen molar-refractivity contribution in [2.45, 2.75) is 72.3 Å². The number of nitrogens with two attached hydrogens (primary N) is 1. The van der Waals surface area contributed by atoms with Gasteiger partial charge in [0.2, 0.25) is 5.91 Å². The number of hydrogen-bond donors (Lipinski definition) is 2. The highest BCUT2D eigenvalue weighted by Crippen LogP contribution is 2.39. The molecule has 1 unspecified atom stereocenters. The first-order valence-electron chi connectivity index (χ1n) is 7.88. The van der Waals surface area contributed by atoms with Gasteiger partial charge in [-0.2, -0.15) is 0 Å². The van der Waals surface area contributed by atoms with E-state index in [1.165, 1.54) is 12.8 Å². The summed E-state index contributed by atoms with van der Waals surface area (Å²) in [4.78, 5) is 12.2. The summed E-state index contributed by atoms with van der Waals surface area (Å²) < 4.78 is 0. The van der Waals surface area contributed by atoms with Crippen molar-refractivity contribution >= 4 is 5.91 Å². The van der Waals surface area contributed by atoms with Crippen LogP contribution in [0.2, 0.25) is 0 Å². The van der Waals surface area contributed by atoms with Crippen LogP contribution in [-0.4, -0.2) is 18.5 Å². The highest BCUT2D eigenvalue weighted by molar-refractivity contribution is 5.79. The first-order chi connectivity index (χ1) is 8.88. The van der Waals surface area contributed by atoms with Crippen molar-refractivity contribution in [1.82, 2.24) is 5.32 Å². The number of rotatable bonds is 5. The van der Waals surface area contributed by atoms with Crippen LogP contribution in [0.25, 0.3) is 0 Å². The van der Waals surface area contributed by atoms with Crippen molar-refractivity contribution in [2.75, 3.05) is 6.54 Å². The average Bonchev–Trinajstić information content (AvgIpc) is 2.37. The van der Waals surface area contributed by atoms with Crippen LogP contribution in [0.15, 0.2) is 0 Å². The molecule has 0 radical (unpaired) electrons. The van der Waals surface area contributed by atoms with Crippen LogP contribution in [0.3, 0.4) is 0 Å². The van der Waals surface area contributed by atoms with Gasteiger partial charge in [-0.15, -0.1) is 0 Å². The second-order valence-electron chi connectivity index (χ2n) is 7.11. The SMILES string of the molecule is CCC(CCN)NC(=O)C1CCC(C(C)(C)C)CC1. The van der Waals surface area contributed by atoms with Gasteiger partial charge in [-0.25, -0.2) is 0 Å². The lowest BCUT2D eigenvalue weighted by Crippen LogP contribution is -2.41. The van der Waals surface area contributed by atoms with Crippen LogP contribution < -0.4 is 11.1 Å². The van der Waals surface area contributed by atoms with Crippen LogP contribution in [0.4, 0.5) is 0 Å². The molecule has 3 nitrogen and oxygen atoms in total. The first-order valence-corrected chi connectivity index (χ1v) is 7.88. The van der Waals surface area contributed by atoms with Gasteiger partial charge in [0.05, 0.1) is 0 Å². The molecule has 0 aromatic carbocycles. The van der Waals surface area contributed by atoms with Gasteiger partial charge in [0, 0.05) is 12.0 Å². The highest BCUT2D eigenvalue weighted by Gasteiger charge is 2.32. The Labute approximate surface area is 118 Å². The van der Waals surface area contributed by atoms with E-state index in [4.69, 9.17) is 5.73 Å². The summed E-state index contributed by atoms with van der Waals surface area (Å²) in [6, 6.07) is 0.262. The molecule has 1 atom stereocenters. The Balaban J connectivity index is 2.40. The molecular formula is C16H32N2O. The van der Waals surface area contributed by atoms with Gasteiger partial charge in [-0.05, 0) is 56.4 Å². The minimum absolute atomic E-state index is 0.227. The van der Waals surface area contributed by atoms with Gasteiger partial charge in [0.25, 0.3) is 0 Å². The van der Waals surface area contributed by atoms with Gasteiger partial charge < -0.3 is 11.1 Å². The molecule has 1 aliphatic rings. The molecule has 112 valence electrons. The van der Waals surface area contributed by atoms with Crippen molar-refractivity contribution in [3.8, 4) is 0 Å². The van der Waals surface area contributed by atoms with Crippen LogP contribution in [0.5, 0.6) is 0 Å². The molecule has 0 heterocycles. The minimum Gasteiger partial charge on any atom is -0.353 e. The third kappa shape index (κ3) is 5.13. The van der Waals surface area contributed by atoms with E-state index in [0.29, 0.717) is 12.0 Å². The van der Waals surface area contributed by atoms with Crippen molar-refractivity contribution < 1.29 is 4.79 Å². The smallest absolute Gasteiger partial charge is 0.223 e. The fourth-order valence-corrected chi connectivity index (χ4v) is 3.12. The standard InChI is InChI=1S/C16H32N2O/c1-5-14(10-11-17)18-15(19)12-6-8-13(9-7-12)16(2,3)4/h12-14H,5-11,17H2,1-4H3,(H,18,19). The van der Waals surface area contributed by atoms with Gasteiger partial charge in [0.1, 0.15) is 0 Å². The molecule has 1 aliphatic carbocycles. The molecule has 0 aromatic rings. The Morgan fingerprint density at radius 1 is 1.26 bits per heavy atom. The predicted molar refractivity (Wildman–Crippen MR) is 80.8 cm³/mol. The maximum atomic E-state index is 12.2. The third-order valence-electron chi connectivity index (χ3n) is 4.68. The molecule has 19 heavy (non-hydrogen) atoms. The zero-order valence-electron chi connectivity index (χ0n) is 13.2. The lowest BCUT2D eigenvalue weighted by molar-refractivity contribution is -0.127. The van der Waals surface area contributed by atoms with E-state index in [1.54, 1.807) is 0 Å². The zero-order valence-corrected chi connectivity index (χ0v) is 13.2. The second kappa shape index (κ2) is 7.28. The van der Waals surface area contributed by atoms with Gasteiger partial charge in [0.15, 0.2) is 0 Å². The van der Waals surface area contributed by atoms with E-state index < -0.39 is 0 Å². The number of carbonyl (C=O) groups excluding carboxylic acids is 1. The van der Waals surface area contributed by atoms with Crippen molar-refractivity contribution in [3.05, 3.63) is 0 Å². The maximum Gasteiger partial charge on any atom is 0.223 e. The summed E-state index contributed by atoms with van der Waals surface area (Å²) in [5.41, 5.74) is 5.96. The maximum absolute atomic E-state index is 12.2. The largest absolute Gasteiger partial charge is 0.353 e. The summed E-state index contributed by atoms with van der Waals surface area (Å²) in [6.07, 6.45) is 6.34. The quantitative estimate of drug-likeness (QED) is 0.805. The predicted octanol–water partition coefficient (Wildman–Crippen LogP) is 3.08. The molecule has 3 N–H and O–H groups in total. The van der Waals surface area contributed by atoms with E-state index in [1.807, 2.05) is 0 Å². The number of amides is 1. The molecule has 1 amide bonds.